The monoisotopic (exact) mass is 699 g/mol. The molecule has 2 amide bonds. The molecule has 2 N–H and O–H groups in total. The number of carbonyl (C=O) groups is 1. The minimum Gasteiger partial charge on any atom is -0.306 e. The molecule has 0 atom stereocenters. The number of fused-ring (bicyclic) bond motifs is 1. The fourth-order valence-electron chi connectivity index (χ4n) is 4.99. The summed E-state index contributed by atoms with van der Waals surface area (Å²) < 4.78 is 56.9. The number of thiophene rings is 1. The number of halogens is 2. The molecular weight excluding hydrogens is 669 g/mol. The first-order valence-electron chi connectivity index (χ1n) is 14.2. The molecular formula is C31H31F2N7O6S2. The van der Waals surface area contributed by atoms with Gasteiger partial charge in [-0.3, -0.25) is 18.5 Å². The zero-order valence-corrected chi connectivity index (χ0v) is 28.1. The minimum absolute atomic E-state index is 0.117. The van der Waals surface area contributed by atoms with Crippen molar-refractivity contribution in [1.82, 2.24) is 24.5 Å². The van der Waals surface area contributed by atoms with Crippen LogP contribution >= 0.6 is 11.3 Å². The summed E-state index contributed by atoms with van der Waals surface area (Å²) in [5.74, 6) is -1.86. The lowest BCUT2D eigenvalue weighted by atomic mass is 10.1. The van der Waals surface area contributed by atoms with Gasteiger partial charge in [0, 0.05) is 29.7 Å². The van der Waals surface area contributed by atoms with Crippen molar-refractivity contribution in [3.63, 3.8) is 0 Å². The van der Waals surface area contributed by atoms with Crippen LogP contribution in [0.15, 0.2) is 70.4 Å². The number of nitrogens with one attached hydrogen (secondary N) is 2. The number of amides is 2. The molecule has 0 unspecified atom stereocenters. The molecule has 0 aliphatic heterocycles. The Morgan fingerprint density at radius 2 is 1.67 bits per heavy atom. The van der Waals surface area contributed by atoms with Gasteiger partial charge in [-0.15, -0.1) is 11.3 Å². The van der Waals surface area contributed by atoms with Crippen molar-refractivity contribution in [3.05, 3.63) is 104 Å². The van der Waals surface area contributed by atoms with E-state index in [4.69, 9.17) is 0 Å². The lowest BCUT2D eigenvalue weighted by Crippen LogP contribution is -2.39. The summed E-state index contributed by atoms with van der Waals surface area (Å²) in [4.78, 5) is 51.9. The molecule has 0 radical (unpaired) electrons. The minimum atomic E-state index is -3.62. The van der Waals surface area contributed by atoms with Crippen molar-refractivity contribution in [2.75, 3.05) is 44.1 Å². The predicted octanol–water partition coefficient (Wildman–Crippen LogP) is 3.74. The van der Waals surface area contributed by atoms with E-state index < -0.39 is 45.5 Å². The molecule has 0 bridgehead atoms. The highest BCUT2D eigenvalue weighted by molar-refractivity contribution is 7.92. The molecule has 13 nitrogen and oxygen atoms in total. The highest BCUT2D eigenvalue weighted by Gasteiger charge is 2.26. The van der Waals surface area contributed by atoms with Gasteiger partial charge in [-0.2, -0.15) is 0 Å². The lowest BCUT2D eigenvalue weighted by Gasteiger charge is -2.17. The number of carbonyl (C=O) groups excluding carboxylic acids is 1. The highest BCUT2D eigenvalue weighted by Crippen LogP contribution is 2.38. The third kappa shape index (κ3) is 6.84. The largest absolute Gasteiger partial charge is 0.343 e. The van der Waals surface area contributed by atoms with Crippen molar-refractivity contribution in [1.29, 1.82) is 0 Å². The second kappa shape index (κ2) is 13.6. The third-order valence-corrected chi connectivity index (χ3v) is 9.86. The van der Waals surface area contributed by atoms with Crippen molar-refractivity contribution >= 4 is 49.0 Å². The number of sulfonamides is 1. The molecule has 48 heavy (non-hydrogen) atoms. The van der Waals surface area contributed by atoms with Crippen molar-refractivity contribution < 1.29 is 26.8 Å². The molecule has 3 aromatic heterocycles. The van der Waals surface area contributed by atoms with Gasteiger partial charge in [-0.1, -0.05) is 18.2 Å². The smallest absolute Gasteiger partial charge is 0.306 e. The second-order valence-corrected chi connectivity index (χ2v) is 14.0. The number of hydrogen-bond acceptors (Lipinski definition) is 9. The van der Waals surface area contributed by atoms with E-state index in [1.807, 2.05) is 4.90 Å². The van der Waals surface area contributed by atoms with Crippen LogP contribution in [0.25, 0.3) is 26.5 Å². The Kier molecular flexibility index (Phi) is 9.76. The summed E-state index contributed by atoms with van der Waals surface area (Å²) in [5.41, 5.74) is 2.00. The topological polar surface area (TPSA) is 148 Å². The molecule has 0 aliphatic carbocycles. The molecule has 3 heterocycles. The highest BCUT2D eigenvalue weighted by atomic mass is 32.2. The summed E-state index contributed by atoms with van der Waals surface area (Å²) >= 11 is 1.11. The molecule has 0 saturated heterocycles. The van der Waals surface area contributed by atoms with Gasteiger partial charge in [0.1, 0.15) is 22.3 Å². The molecule has 0 saturated carbocycles. The number of hydrogen-bond donors (Lipinski definition) is 2. The molecule has 5 rings (SSSR count). The first-order valence-corrected chi connectivity index (χ1v) is 16.9. The first-order chi connectivity index (χ1) is 22.7. The quantitative estimate of drug-likeness (QED) is 0.210. The Morgan fingerprint density at radius 1 is 1.00 bits per heavy atom. The van der Waals surface area contributed by atoms with Gasteiger partial charge in [-0.05, 0) is 61.6 Å². The Labute approximate surface area is 277 Å². The summed E-state index contributed by atoms with van der Waals surface area (Å²) in [5, 5.41) is 2.75. The number of nitrogens with zero attached hydrogens (tertiary/aromatic N) is 5. The average Bonchev–Trinajstić information content (AvgIpc) is 3.39. The molecule has 17 heteroatoms. The molecule has 2 aromatic carbocycles. The Balaban J connectivity index is 1.78. The van der Waals surface area contributed by atoms with Gasteiger partial charge in [0.15, 0.2) is 0 Å². The van der Waals surface area contributed by atoms with Gasteiger partial charge in [0.25, 0.3) is 5.56 Å². The lowest BCUT2D eigenvalue weighted by molar-refractivity contribution is 0.114. The maximum atomic E-state index is 14.9. The maximum Gasteiger partial charge on any atom is 0.343 e. The number of urea groups is 1. The Bertz CT molecular complexity index is 2210. The van der Waals surface area contributed by atoms with Crippen molar-refractivity contribution in [2.24, 2.45) is 0 Å². The molecule has 5 aromatic rings. The van der Waals surface area contributed by atoms with E-state index in [-0.39, 0.29) is 33.8 Å². The van der Waals surface area contributed by atoms with E-state index in [9.17, 15) is 31.6 Å². The number of aromatic nitrogens is 3. The van der Waals surface area contributed by atoms with Crippen LogP contribution in [0.1, 0.15) is 11.1 Å². The van der Waals surface area contributed by atoms with Crippen LogP contribution in [0.2, 0.25) is 0 Å². The summed E-state index contributed by atoms with van der Waals surface area (Å²) in [6.45, 7) is -0.291. The SMILES string of the molecule is CONC(=O)Nc1ccc(-c2sc3c(c2CN(C)C)c(=O)n(-c2ccc(N(C)S(C)(=O)=O)cn2)c(=O)n3Cc2c(F)cccc2F)cc1. The van der Waals surface area contributed by atoms with E-state index in [1.165, 1.54) is 38.6 Å². The Hall–Kier alpha value is -4.97. The number of hydroxylamine groups is 1. The van der Waals surface area contributed by atoms with E-state index in [0.29, 0.717) is 21.7 Å². The summed E-state index contributed by atoms with van der Waals surface area (Å²) in [7, 11) is 2.61. The number of anilines is 2. The maximum absolute atomic E-state index is 14.9. The Morgan fingerprint density at radius 3 is 2.23 bits per heavy atom. The fourth-order valence-corrected chi connectivity index (χ4v) is 6.79. The molecule has 0 fully saturated rings. The van der Waals surface area contributed by atoms with Crippen LogP contribution in [0, 0.1) is 11.6 Å². The van der Waals surface area contributed by atoms with Gasteiger partial charge in [0.05, 0.1) is 37.2 Å². The van der Waals surface area contributed by atoms with E-state index >= 15 is 0 Å². The molecule has 0 aliphatic rings. The summed E-state index contributed by atoms with van der Waals surface area (Å²) in [6.07, 6.45) is 2.22. The molecule has 0 spiro atoms. The van der Waals surface area contributed by atoms with Crippen molar-refractivity contribution in [3.8, 4) is 16.3 Å². The second-order valence-electron chi connectivity index (χ2n) is 11.0. The summed E-state index contributed by atoms with van der Waals surface area (Å²) in [6, 6.07) is 12.2. The average molecular weight is 700 g/mol. The normalized spacial score (nSPS) is 11.7. The van der Waals surface area contributed by atoms with E-state index in [1.54, 1.807) is 38.4 Å². The van der Waals surface area contributed by atoms with Crippen LogP contribution in [-0.2, 0) is 28.0 Å². The van der Waals surface area contributed by atoms with E-state index in [0.717, 1.165) is 43.2 Å². The fraction of sp³-hybridized carbons (Fsp3) is 0.226. The van der Waals surface area contributed by atoms with Crippen LogP contribution in [0.4, 0.5) is 25.0 Å². The molecule has 252 valence electrons. The number of pyridine rings is 1. The van der Waals surface area contributed by atoms with Crippen LogP contribution in [0.5, 0.6) is 0 Å². The zero-order chi connectivity index (χ0) is 34.9. The van der Waals surface area contributed by atoms with Crippen molar-refractivity contribution in [2.45, 2.75) is 13.1 Å². The number of rotatable bonds is 10. The van der Waals surface area contributed by atoms with E-state index in [2.05, 4.69) is 20.6 Å². The van der Waals surface area contributed by atoms with Gasteiger partial charge in [0.2, 0.25) is 10.0 Å². The zero-order valence-electron chi connectivity index (χ0n) is 26.4. The third-order valence-electron chi connectivity index (χ3n) is 7.35. The van der Waals surface area contributed by atoms with Crippen LogP contribution in [-0.4, -0.2) is 68.0 Å². The standard InChI is InChI=1S/C31H31F2N7O6S2/c1-37(2)16-22-26-28(41)40(25-14-13-20(15-34-25)38(3)48(5,44)45)31(43)39(17-21-23(32)7-6-8-24(21)33)29(26)47-27(22)18-9-11-19(12-10-18)35-30(42)36-46-4/h6-15H,16-17H2,1-5H3,(H2,35,36,42). The first kappa shape index (κ1) is 34.4. The predicted molar refractivity (Wildman–Crippen MR) is 180 cm³/mol. The van der Waals surface area contributed by atoms with Crippen LogP contribution in [0.3, 0.4) is 0 Å². The van der Waals surface area contributed by atoms with Gasteiger partial charge >= 0.3 is 11.7 Å². The number of benzene rings is 2. The van der Waals surface area contributed by atoms with Gasteiger partial charge in [-0.25, -0.2) is 41.8 Å². The van der Waals surface area contributed by atoms with Crippen LogP contribution < -0.4 is 26.4 Å². The van der Waals surface area contributed by atoms with Gasteiger partial charge < -0.3 is 10.2 Å².